The minimum Gasteiger partial charge on any atom is -0.402 e. The molecule has 1 aliphatic rings. The van der Waals surface area contributed by atoms with E-state index < -0.39 is 5.97 Å². The highest BCUT2D eigenvalue weighted by atomic mass is 35.5. The molecule has 0 saturated carbocycles. The zero-order valence-electron chi connectivity index (χ0n) is 12.5. The number of hydrogen-bond acceptors (Lipinski definition) is 4. The van der Waals surface area contributed by atoms with Gasteiger partial charge in [-0.3, -0.25) is 0 Å². The average Bonchev–Trinajstić information content (AvgIpc) is 3.03. The Morgan fingerprint density at radius 1 is 1.39 bits per heavy atom. The summed E-state index contributed by atoms with van der Waals surface area (Å²) in [6, 6.07) is 10.8. The quantitative estimate of drug-likeness (QED) is 0.629. The van der Waals surface area contributed by atoms with Crippen LogP contribution in [0.1, 0.15) is 22.5 Å². The number of rotatable bonds is 2. The van der Waals surface area contributed by atoms with Crippen LogP contribution < -0.4 is 0 Å². The van der Waals surface area contributed by atoms with Crippen molar-refractivity contribution in [3.8, 4) is 6.07 Å². The Balaban J connectivity index is 2.03. The van der Waals surface area contributed by atoms with Gasteiger partial charge in [0.25, 0.3) is 0 Å². The Morgan fingerprint density at radius 3 is 2.78 bits per heavy atom. The summed E-state index contributed by atoms with van der Waals surface area (Å²) in [7, 11) is 1.79. The van der Waals surface area contributed by atoms with Crippen LogP contribution in [-0.4, -0.2) is 16.4 Å². The third kappa shape index (κ3) is 2.65. The molecular weight excluding hydrogens is 314 g/mol. The van der Waals surface area contributed by atoms with Crippen LogP contribution in [0.5, 0.6) is 0 Å². The predicted molar refractivity (Wildman–Crippen MR) is 86.9 cm³/mol. The van der Waals surface area contributed by atoms with Crippen molar-refractivity contribution in [1.29, 1.82) is 5.26 Å². The summed E-state index contributed by atoms with van der Waals surface area (Å²) in [5, 5.41) is 9.53. The van der Waals surface area contributed by atoms with Crippen LogP contribution in [0.3, 0.4) is 0 Å². The van der Waals surface area contributed by atoms with Crippen LogP contribution in [-0.2, 0) is 16.6 Å². The summed E-state index contributed by atoms with van der Waals surface area (Å²) in [6.45, 7) is 1.87. The maximum atomic E-state index is 12.0. The van der Waals surface area contributed by atoms with Crippen LogP contribution in [0.15, 0.2) is 41.0 Å². The third-order valence-corrected chi connectivity index (χ3v) is 4.04. The molecule has 1 aromatic carbocycles. The molecule has 0 unspecified atom stereocenters. The number of aliphatic imine (C=N–C) groups is 1. The number of carbonyl (C=O) groups excluding carboxylic acids is 1. The van der Waals surface area contributed by atoms with Gasteiger partial charge in [0.15, 0.2) is 5.70 Å². The molecule has 0 spiro atoms. The molecule has 0 aliphatic carbocycles. The smallest absolute Gasteiger partial charge is 0.363 e. The lowest BCUT2D eigenvalue weighted by molar-refractivity contribution is -0.129. The van der Waals surface area contributed by atoms with Gasteiger partial charge < -0.3 is 9.30 Å². The average molecular weight is 326 g/mol. The highest BCUT2D eigenvalue weighted by molar-refractivity contribution is 6.34. The van der Waals surface area contributed by atoms with Gasteiger partial charge >= 0.3 is 5.97 Å². The molecule has 5 nitrogen and oxygen atoms in total. The fourth-order valence-electron chi connectivity index (χ4n) is 2.28. The zero-order valence-corrected chi connectivity index (χ0v) is 13.3. The van der Waals surface area contributed by atoms with Gasteiger partial charge in [0.2, 0.25) is 5.90 Å². The molecule has 0 fully saturated rings. The van der Waals surface area contributed by atoms with Crippen LogP contribution in [0, 0.1) is 18.3 Å². The number of nitrogens with zero attached hydrogens (tertiary/aromatic N) is 3. The van der Waals surface area contributed by atoms with Crippen LogP contribution >= 0.6 is 11.6 Å². The highest BCUT2D eigenvalue weighted by Gasteiger charge is 2.26. The van der Waals surface area contributed by atoms with E-state index in [0.29, 0.717) is 16.3 Å². The Labute approximate surface area is 138 Å². The fraction of sp³-hybridized carbons (Fsp3) is 0.118. The largest absolute Gasteiger partial charge is 0.402 e. The molecule has 0 atom stereocenters. The normalized spacial score (nSPS) is 15.5. The van der Waals surface area contributed by atoms with Gasteiger partial charge in [0.1, 0.15) is 11.8 Å². The van der Waals surface area contributed by atoms with Crippen molar-refractivity contribution in [3.05, 3.63) is 63.6 Å². The number of aromatic nitrogens is 1. The zero-order chi connectivity index (χ0) is 16.6. The van der Waals surface area contributed by atoms with Crippen molar-refractivity contribution in [1.82, 2.24) is 4.57 Å². The second-order valence-electron chi connectivity index (χ2n) is 5.06. The molecule has 2 heterocycles. The van der Waals surface area contributed by atoms with Crippen LogP contribution in [0.4, 0.5) is 0 Å². The number of ether oxygens (including phenoxy) is 1. The van der Waals surface area contributed by atoms with E-state index in [4.69, 9.17) is 21.6 Å². The minimum atomic E-state index is -0.540. The van der Waals surface area contributed by atoms with E-state index in [2.05, 4.69) is 11.1 Å². The number of cyclic esters (lactones) is 1. The van der Waals surface area contributed by atoms with Crippen molar-refractivity contribution in [2.45, 2.75) is 6.92 Å². The van der Waals surface area contributed by atoms with Crippen LogP contribution in [0.25, 0.3) is 6.08 Å². The minimum absolute atomic E-state index is 0.179. The first-order valence-corrected chi connectivity index (χ1v) is 7.23. The molecule has 0 bridgehead atoms. The number of esters is 1. The van der Waals surface area contributed by atoms with E-state index in [0.717, 1.165) is 11.3 Å². The lowest BCUT2D eigenvalue weighted by atomic mass is 10.2. The van der Waals surface area contributed by atoms with Gasteiger partial charge in [-0.05, 0) is 36.8 Å². The topological polar surface area (TPSA) is 67.4 Å². The summed E-state index contributed by atoms with van der Waals surface area (Å²) >= 11 is 6.10. The standard InChI is InChI=1S/C17H12ClN3O2/c1-10-11(7-12(9-19)21(10)2)8-15-17(22)23-16(20-15)13-5-3-4-6-14(13)18/h3-8H,1-2H3/b15-8-. The maximum absolute atomic E-state index is 12.0. The molecule has 0 radical (unpaired) electrons. The molecule has 0 saturated heterocycles. The maximum Gasteiger partial charge on any atom is 0.363 e. The van der Waals surface area contributed by atoms with Gasteiger partial charge in [-0.1, -0.05) is 23.7 Å². The Morgan fingerprint density at radius 2 is 2.13 bits per heavy atom. The van der Waals surface area contributed by atoms with Crippen LogP contribution in [0.2, 0.25) is 5.02 Å². The van der Waals surface area contributed by atoms with Crippen molar-refractivity contribution in [2.24, 2.45) is 12.0 Å². The summed E-state index contributed by atoms with van der Waals surface area (Å²) < 4.78 is 6.96. The fourth-order valence-corrected chi connectivity index (χ4v) is 2.50. The number of hydrogen-bond donors (Lipinski definition) is 0. The van der Waals surface area contributed by atoms with E-state index in [-0.39, 0.29) is 11.6 Å². The number of nitriles is 1. The van der Waals surface area contributed by atoms with Gasteiger partial charge in [-0.25, -0.2) is 9.79 Å². The van der Waals surface area contributed by atoms with Gasteiger partial charge in [0.05, 0.1) is 10.6 Å². The first-order valence-electron chi connectivity index (χ1n) is 6.85. The van der Waals surface area contributed by atoms with Crippen molar-refractivity contribution in [3.63, 3.8) is 0 Å². The molecule has 1 aliphatic heterocycles. The second kappa shape index (κ2) is 5.75. The van der Waals surface area contributed by atoms with E-state index in [9.17, 15) is 4.79 Å². The van der Waals surface area contributed by atoms with E-state index in [1.807, 2.05) is 6.92 Å². The Hall–Kier alpha value is -2.84. The molecule has 6 heteroatoms. The third-order valence-electron chi connectivity index (χ3n) is 3.71. The van der Waals surface area contributed by atoms with Crippen molar-refractivity contribution in [2.75, 3.05) is 0 Å². The highest BCUT2D eigenvalue weighted by Crippen LogP contribution is 2.25. The van der Waals surface area contributed by atoms with Gasteiger partial charge in [-0.15, -0.1) is 0 Å². The molecule has 114 valence electrons. The van der Waals surface area contributed by atoms with Crippen molar-refractivity contribution < 1.29 is 9.53 Å². The monoisotopic (exact) mass is 325 g/mol. The van der Waals surface area contributed by atoms with E-state index in [1.165, 1.54) is 0 Å². The SMILES string of the molecule is Cc1c(/C=C2\N=C(c3ccccc3Cl)OC2=O)cc(C#N)n1C. The first kappa shape index (κ1) is 15.1. The second-order valence-corrected chi connectivity index (χ2v) is 5.46. The summed E-state index contributed by atoms with van der Waals surface area (Å²) in [5.74, 6) is -0.359. The molecule has 1 aromatic heterocycles. The lowest BCUT2D eigenvalue weighted by Crippen LogP contribution is -2.05. The molecule has 0 amide bonds. The van der Waals surface area contributed by atoms with E-state index >= 15 is 0 Å². The Kier molecular flexibility index (Phi) is 3.77. The predicted octanol–water partition coefficient (Wildman–Crippen LogP) is 3.20. The molecule has 0 N–H and O–H groups in total. The van der Waals surface area contributed by atoms with Gasteiger partial charge in [0, 0.05) is 12.7 Å². The molecular formula is C17H12ClN3O2. The molecule has 3 rings (SSSR count). The molecule has 2 aromatic rings. The van der Waals surface area contributed by atoms with Crippen molar-refractivity contribution >= 4 is 29.5 Å². The lowest BCUT2D eigenvalue weighted by Gasteiger charge is -2.00. The summed E-state index contributed by atoms with van der Waals surface area (Å²) in [4.78, 5) is 16.3. The first-order chi connectivity index (χ1) is 11.0. The number of benzene rings is 1. The Bertz CT molecular complexity index is 916. The molecule has 23 heavy (non-hydrogen) atoms. The number of carbonyl (C=O) groups is 1. The number of halogens is 1. The summed E-state index contributed by atoms with van der Waals surface area (Å²) in [5.41, 5.74) is 2.87. The van der Waals surface area contributed by atoms with E-state index in [1.54, 1.807) is 48.0 Å². The van der Waals surface area contributed by atoms with Gasteiger partial charge in [-0.2, -0.15) is 5.26 Å². The summed E-state index contributed by atoms with van der Waals surface area (Å²) in [6.07, 6.45) is 1.61.